The third kappa shape index (κ3) is 3.08. The molecule has 1 saturated carbocycles. The first-order valence-corrected chi connectivity index (χ1v) is 7.29. The number of hydrogen-bond acceptors (Lipinski definition) is 4. The number of carboxylic acid groups (broad SMARTS) is 1. The predicted molar refractivity (Wildman–Crippen MR) is 77.7 cm³/mol. The van der Waals surface area contributed by atoms with Gasteiger partial charge in [-0.05, 0) is 51.5 Å². The van der Waals surface area contributed by atoms with E-state index in [9.17, 15) is 9.90 Å². The maximum atomic E-state index is 11.7. The molecule has 20 heavy (non-hydrogen) atoms. The van der Waals surface area contributed by atoms with Crippen LogP contribution in [0.1, 0.15) is 50.4 Å². The summed E-state index contributed by atoms with van der Waals surface area (Å²) in [6, 6.07) is 1.88. The lowest BCUT2D eigenvalue weighted by atomic mass is 9.75. The second kappa shape index (κ2) is 5.77. The van der Waals surface area contributed by atoms with E-state index in [2.05, 4.69) is 22.2 Å². The van der Waals surface area contributed by atoms with E-state index in [0.29, 0.717) is 24.7 Å². The van der Waals surface area contributed by atoms with Gasteiger partial charge in [-0.1, -0.05) is 13.3 Å². The molecule has 2 rings (SSSR count). The Morgan fingerprint density at radius 3 is 2.35 bits per heavy atom. The van der Waals surface area contributed by atoms with Gasteiger partial charge in [0.2, 0.25) is 5.95 Å². The molecule has 0 atom stereocenters. The lowest BCUT2D eigenvalue weighted by Gasteiger charge is -2.37. The molecule has 1 aliphatic carbocycles. The van der Waals surface area contributed by atoms with Crippen LogP contribution >= 0.6 is 0 Å². The summed E-state index contributed by atoms with van der Waals surface area (Å²) < 4.78 is 0. The highest BCUT2D eigenvalue weighted by Crippen LogP contribution is 2.35. The van der Waals surface area contributed by atoms with Crippen LogP contribution in [0.5, 0.6) is 0 Å². The molecule has 1 heterocycles. The molecule has 2 N–H and O–H groups in total. The molecule has 5 nitrogen and oxygen atoms in total. The third-order valence-corrected chi connectivity index (χ3v) is 4.28. The third-order valence-electron chi connectivity index (χ3n) is 4.28. The number of aliphatic carboxylic acids is 1. The summed E-state index contributed by atoms with van der Waals surface area (Å²) in [5.41, 5.74) is 0.789. The van der Waals surface area contributed by atoms with E-state index >= 15 is 0 Å². The first-order valence-electron chi connectivity index (χ1n) is 7.29. The highest BCUT2D eigenvalue weighted by atomic mass is 16.4. The number of nitrogens with one attached hydrogen (secondary N) is 1. The second-order valence-electron chi connectivity index (χ2n) is 5.84. The predicted octanol–water partition coefficient (Wildman–Crippen LogP) is 2.93. The van der Waals surface area contributed by atoms with E-state index in [1.54, 1.807) is 0 Å². The van der Waals surface area contributed by atoms with Crippen molar-refractivity contribution in [2.45, 2.75) is 58.4 Å². The summed E-state index contributed by atoms with van der Waals surface area (Å²) in [6.45, 7) is 5.95. The molecule has 1 aromatic rings. The molecule has 0 aromatic carbocycles. The molecule has 0 unspecified atom stereocenters. The van der Waals surface area contributed by atoms with Crippen molar-refractivity contribution in [1.29, 1.82) is 0 Å². The van der Waals surface area contributed by atoms with Gasteiger partial charge in [-0.3, -0.25) is 0 Å². The molecule has 1 fully saturated rings. The fourth-order valence-electron chi connectivity index (χ4n) is 2.97. The Kier molecular flexibility index (Phi) is 4.26. The Balaban J connectivity index is 2.20. The lowest BCUT2D eigenvalue weighted by molar-refractivity contribution is -0.143. The molecule has 1 aliphatic rings. The lowest BCUT2D eigenvalue weighted by Crippen LogP contribution is -2.49. The highest BCUT2D eigenvalue weighted by molar-refractivity contribution is 5.82. The standard InChI is InChI=1S/C15H23N3O2/c1-4-12-5-7-15(8-6-12,13(19)20)18-14-16-10(2)9-11(3)17-14/h9,12H,4-8H2,1-3H3,(H,19,20)(H,16,17,18). The smallest absolute Gasteiger partial charge is 0.329 e. The zero-order chi connectivity index (χ0) is 14.8. The largest absolute Gasteiger partial charge is 0.480 e. The SMILES string of the molecule is CCC1CCC(Nc2nc(C)cc(C)n2)(C(=O)O)CC1. The number of hydrogen-bond donors (Lipinski definition) is 2. The highest BCUT2D eigenvalue weighted by Gasteiger charge is 2.42. The number of aryl methyl sites for hydroxylation is 2. The number of anilines is 1. The van der Waals surface area contributed by atoms with E-state index in [0.717, 1.165) is 30.7 Å². The van der Waals surface area contributed by atoms with Gasteiger partial charge in [0.05, 0.1) is 0 Å². The minimum atomic E-state index is -0.911. The Hall–Kier alpha value is -1.65. The molecule has 0 aliphatic heterocycles. The fraction of sp³-hybridized carbons (Fsp3) is 0.667. The maximum absolute atomic E-state index is 11.7. The zero-order valence-corrected chi connectivity index (χ0v) is 12.4. The van der Waals surface area contributed by atoms with Crippen molar-refractivity contribution in [3.05, 3.63) is 17.5 Å². The van der Waals surface area contributed by atoms with Crippen LogP contribution in [0.2, 0.25) is 0 Å². The van der Waals surface area contributed by atoms with E-state index in [-0.39, 0.29) is 0 Å². The van der Waals surface area contributed by atoms with Crippen molar-refractivity contribution in [3.63, 3.8) is 0 Å². The quantitative estimate of drug-likeness (QED) is 0.885. The zero-order valence-electron chi connectivity index (χ0n) is 12.4. The monoisotopic (exact) mass is 277 g/mol. The normalized spacial score (nSPS) is 26.2. The van der Waals surface area contributed by atoms with Crippen LogP contribution in [-0.2, 0) is 4.79 Å². The van der Waals surface area contributed by atoms with Gasteiger partial charge in [0.1, 0.15) is 5.54 Å². The number of rotatable bonds is 4. The van der Waals surface area contributed by atoms with Crippen LogP contribution in [0.15, 0.2) is 6.07 Å². The van der Waals surface area contributed by atoms with Gasteiger partial charge in [-0.15, -0.1) is 0 Å². The van der Waals surface area contributed by atoms with Crippen LogP contribution < -0.4 is 5.32 Å². The average molecular weight is 277 g/mol. The van der Waals surface area contributed by atoms with Crippen molar-refractivity contribution in [2.75, 3.05) is 5.32 Å². The number of carboxylic acids is 1. The Morgan fingerprint density at radius 1 is 1.35 bits per heavy atom. The topological polar surface area (TPSA) is 75.1 Å². The van der Waals surface area contributed by atoms with Gasteiger partial charge < -0.3 is 10.4 Å². The summed E-state index contributed by atoms with van der Waals surface area (Å²) in [6.07, 6.45) is 4.28. The summed E-state index contributed by atoms with van der Waals surface area (Å²) in [7, 11) is 0. The van der Waals surface area contributed by atoms with Gasteiger partial charge in [0, 0.05) is 11.4 Å². The van der Waals surface area contributed by atoms with Crippen molar-refractivity contribution in [2.24, 2.45) is 5.92 Å². The van der Waals surface area contributed by atoms with Crippen molar-refractivity contribution < 1.29 is 9.90 Å². The van der Waals surface area contributed by atoms with Gasteiger partial charge in [0.25, 0.3) is 0 Å². The molecular weight excluding hydrogens is 254 g/mol. The minimum Gasteiger partial charge on any atom is -0.480 e. The van der Waals surface area contributed by atoms with Gasteiger partial charge >= 0.3 is 5.97 Å². The van der Waals surface area contributed by atoms with Crippen LogP contribution in [0.3, 0.4) is 0 Å². The Labute approximate surface area is 119 Å². The van der Waals surface area contributed by atoms with Crippen LogP contribution in [0.25, 0.3) is 0 Å². The first kappa shape index (κ1) is 14.8. The second-order valence-corrected chi connectivity index (χ2v) is 5.84. The summed E-state index contributed by atoms with van der Waals surface area (Å²) in [4.78, 5) is 20.3. The van der Waals surface area contributed by atoms with Crippen LogP contribution in [0, 0.1) is 19.8 Å². The van der Waals surface area contributed by atoms with E-state index in [1.165, 1.54) is 0 Å². The summed E-state index contributed by atoms with van der Waals surface area (Å²) >= 11 is 0. The number of nitrogens with zero attached hydrogens (tertiary/aromatic N) is 2. The molecule has 1 aromatic heterocycles. The summed E-state index contributed by atoms with van der Waals surface area (Å²) in [5, 5.41) is 12.7. The molecule has 5 heteroatoms. The molecule has 0 bridgehead atoms. The van der Waals surface area contributed by atoms with E-state index in [4.69, 9.17) is 0 Å². The van der Waals surface area contributed by atoms with Gasteiger partial charge in [-0.2, -0.15) is 0 Å². The van der Waals surface area contributed by atoms with Crippen LogP contribution in [-0.4, -0.2) is 26.6 Å². The van der Waals surface area contributed by atoms with Crippen molar-refractivity contribution in [3.8, 4) is 0 Å². The Bertz CT molecular complexity index is 474. The Morgan fingerprint density at radius 2 is 1.90 bits per heavy atom. The number of carbonyl (C=O) groups is 1. The van der Waals surface area contributed by atoms with Crippen LogP contribution in [0.4, 0.5) is 5.95 Å². The maximum Gasteiger partial charge on any atom is 0.329 e. The van der Waals surface area contributed by atoms with Crippen molar-refractivity contribution >= 4 is 11.9 Å². The summed E-state index contributed by atoms with van der Waals surface area (Å²) in [5.74, 6) is 0.277. The van der Waals surface area contributed by atoms with E-state index in [1.807, 2.05) is 19.9 Å². The average Bonchev–Trinajstić information content (AvgIpc) is 2.38. The van der Waals surface area contributed by atoms with E-state index < -0.39 is 11.5 Å². The molecule has 0 radical (unpaired) electrons. The van der Waals surface area contributed by atoms with Gasteiger partial charge in [0.15, 0.2) is 0 Å². The molecule has 0 saturated heterocycles. The minimum absolute atomic E-state index is 0.430. The van der Waals surface area contributed by atoms with Gasteiger partial charge in [-0.25, -0.2) is 14.8 Å². The number of aromatic nitrogens is 2. The van der Waals surface area contributed by atoms with Crippen molar-refractivity contribution in [1.82, 2.24) is 9.97 Å². The fourth-order valence-corrected chi connectivity index (χ4v) is 2.97. The molecule has 0 spiro atoms. The molecule has 110 valence electrons. The first-order chi connectivity index (χ1) is 9.45. The molecule has 0 amide bonds. The molecular formula is C15H23N3O2.